The van der Waals surface area contributed by atoms with Crippen molar-refractivity contribution in [1.29, 1.82) is 0 Å². The third kappa shape index (κ3) is 4.77. The van der Waals surface area contributed by atoms with Gasteiger partial charge in [-0.3, -0.25) is 14.4 Å². The largest absolute Gasteiger partial charge is 0.481 e. The smallest absolute Gasteiger partial charge is 0.303 e. The van der Waals surface area contributed by atoms with Crippen LogP contribution in [0, 0.1) is 17.8 Å². The molecule has 2 saturated heterocycles. The summed E-state index contributed by atoms with van der Waals surface area (Å²) in [6, 6.07) is 9.36. The number of aliphatic carboxylic acids is 1. The molecule has 0 spiro atoms. The van der Waals surface area contributed by atoms with Crippen molar-refractivity contribution >= 4 is 23.2 Å². The Morgan fingerprint density at radius 2 is 1.94 bits per heavy atom. The molecule has 3 aliphatic rings. The molecule has 1 amide bonds. The zero-order valence-corrected chi connectivity index (χ0v) is 19.6. The number of hydrogen-bond donors (Lipinski definition) is 1. The van der Waals surface area contributed by atoms with Gasteiger partial charge in [0, 0.05) is 56.8 Å². The predicted molar refractivity (Wildman–Crippen MR) is 127 cm³/mol. The Balaban J connectivity index is 1.25. The second kappa shape index (κ2) is 9.43. The minimum Gasteiger partial charge on any atom is -0.481 e. The molecule has 2 bridgehead atoms. The van der Waals surface area contributed by atoms with Crippen molar-refractivity contribution in [2.24, 2.45) is 17.8 Å². The monoisotopic (exact) mass is 469 g/mol. The van der Waals surface area contributed by atoms with Gasteiger partial charge in [0.1, 0.15) is 0 Å². The highest BCUT2D eigenvalue weighted by Crippen LogP contribution is 2.36. The van der Waals surface area contributed by atoms with Gasteiger partial charge in [0.2, 0.25) is 0 Å². The second-order valence-corrected chi connectivity index (χ2v) is 10.8. The lowest BCUT2D eigenvalue weighted by Crippen LogP contribution is -2.48. The second-order valence-electron chi connectivity index (χ2n) is 9.88. The van der Waals surface area contributed by atoms with E-state index in [-0.39, 0.29) is 29.7 Å². The summed E-state index contributed by atoms with van der Waals surface area (Å²) < 4.78 is 1.95. The fourth-order valence-corrected chi connectivity index (χ4v) is 6.86. The Morgan fingerprint density at radius 3 is 2.73 bits per heavy atom. The van der Waals surface area contributed by atoms with E-state index in [4.69, 9.17) is 0 Å². The van der Waals surface area contributed by atoms with Gasteiger partial charge in [-0.1, -0.05) is 12.1 Å². The van der Waals surface area contributed by atoms with Crippen LogP contribution in [0.1, 0.15) is 47.0 Å². The predicted octanol–water partition coefficient (Wildman–Crippen LogP) is 2.97. The van der Waals surface area contributed by atoms with Gasteiger partial charge in [-0.05, 0) is 61.1 Å². The standard InChI is InChI=1S/C25H31N3O4S/c29-23-5-1-3-21-20-11-17(14-28(21)23)13-26(15-20)8-6-19-16-27(9-7-18(19)12-24(30)31)25(32)22-4-2-10-33-22/h1-5,10,17-20H,6-9,11-16H2,(H,30,31). The van der Waals surface area contributed by atoms with E-state index in [1.54, 1.807) is 6.07 Å². The van der Waals surface area contributed by atoms with Crippen molar-refractivity contribution in [3.05, 3.63) is 56.6 Å². The summed E-state index contributed by atoms with van der Waals surface area (Å²) in [5.41, 5.74) is 1.25. The number of thiophene rings is 1. The molecule has 176 valence electrons. The first-order valence-electron chi connectivity index (χ1n) is 11.9. The maximum absolute atomic E-state index is 12.9. The lowest BCUT2D eigenvalue weighted by molar-refractivity contribution is -0.139. The first-order chi connectivity index (χ1) is 16.0. The maximum atomic E-state index is 12.9. The molecule has 0 aromatic carbocycles. The summed E-state index contributed by atoms with van der Waals surface area (Å²) in [6.07, 6.45) is 2.95. The van der Waals surface area contributed by atoms with E-state index >= 15 is 0 Å². The number of carbonyl (C=O) groups is 2. The molecule has 2 fully saturated rings. The zero-order chi connectivity index (χ0) is 22.9. The number of fused-ring (bicyclic) bond motifs is 4. The van der Waals surface area contributed by atoms with Crippen LogP contribution in [0.2, 0.25) is 0 Å². The van der Waals surface area contributed by atoms with Crippen molar-refractivity contribution < 1.29 is 14.7 Å². The van der Waals surface area contributed by atoms with E-state index in [0.717, 1.165) is 56.0 Å². The number of piperidine rings is 2. The number of hydrogen-bond acceptors (Lipinski definition) is 5. The average molecular weight is 470 g/mol. The summed E-state index contributed by atoms with van der Waals surface area (Å²) in [5, 5.41) is 11.4. The number of carbonyl (C=O) groups excluding carboxylic acids is 1. The summed E-state index contributed by atoms with van der Waals surface area (Å²) in [6.45, 7) is 4.87. The third-order valence-corrected chi connectivity index (χ3v) is 8.58. The molecule has 3 aliphatic heterocycles. The van der Waals surface area contributed by atoms with Gasteiger partial charge in [-0.25, -0.2) is 0 Å². The van der Waals surface area contributed by atoms with Gasteiger partial charge in [0.05, 0.1) is 4.88 Å². The lowest BCUT2D eigenvalue weighted by Gasteiger charge is -2.44. The van der Waals surface area contributed by atoms with E-state index in [1.165, 1.54) is 11.3 Å². The van der Waals surface area contributed by atoms with Crippen LogP contribution in [-0.4, -0.2) is 64.1 Å². The number of likely N-dealkylation sites (tertiary alicyclic amines) is 2. The zero-order valence-electron chi connectivity index (χ0n) is 18.8. The van der Waals surface area contributed by atoms with E-state index in [0.29, 0.717) is 24.9 Å². The third-order valence-electron chi connectivity index (χ3n) is 7.72. The molecular weight excluding hydrogens is 438 g/mol. The Morgan fingerprint density at radius 1 is 1.06 bits per heavy atom. The highest BCUT2D eigenvalue weighted by atomic mass is 32.1. The molecular formula is C25H31N3O4S. The van der Waals surface area contributed by atoms with E-state index in [9.17, 15) is 19.5 Å². The van der Waals surface area contributed by atoms with E-state index in [1.807, 2.05) is 33.0 Å². The van der Waals surface area contributed by atoms with Crippen LogP contribution in [0.15, 0.2) is 40.5 Å². The molecule has 4 atom stereocenters. The fourth-order valence-electron chi connectivity index (χ4n) is 6.17. The maximum Gasteiger partial charge on any atom is 0.303 e. The first-order valence-corrected chi connectivity index (χ1v) is 12.8. The Labute approximate surface area is 197 Å². The molecule has 0 radical (unpaired) electrons. The Hall–Kier alpha value is -2.45. The van der Waals surface area contributed by atoms with Crippen LogP contribution in [0.3, 0.4) is 0 Å². The number of aromatic nitrogens is 1. The van der Waals surface area contributed by atoms with Gasteiger partial charge in [-0.15, -0.1) is 11.3 Å². The van der Waals surface area contributed by atoms with Crippen LogP contribution < -0.4 is 5.56 Å². The molecule has 2 aromatic rings. The number of carboxylic acid groups (broad SMARTS) is 1. The molecule has 5 rings (SSSR count). The molecule has 0 aliphatic carbocycles. The number of carboxylic acids is 1. The highest BCUT2D eigenvalue weighted by molar-refractivity contribution is 7.12. The summed E-state index contributed by atoms with van der Waals surface area (Å²) in [4.78, 5) is 41.8. The minimum atomic E-state index is -0.752. The molecule has 8 heteroatoms. The molecule has 0 saturated carbocycles. The van der Waals surface area contributed by atoms with Crippen molar-refractivity contribution in [3.8, 4) is 0 Å². The SMILES string of the molecule is O=C(O)CC1CCN(C(=O)c2cccs2)CC1CCN1CC2CC(C1)c1cccc(=O)n1C2. The number of pyridine rings is 1. The van der Waals surface area contributed by atoms with E-state index < -0.39 is 5.97 Å². The molecule has 7 nitrogen and oxygen atoms in total. The van der Waals surface area contributed by atoms with Gasteiger partial charge < -0.3 is 19.5 Å². The van der Waals surface area contributed by atoms with Gasteiger partial charge in [0.15, 0.2) is 0 Å². The van der Waals surface area contributed by atoms with Crippen molar-refractivity contribution in [1.82, 2.24) is 14.4 Å². The van der Waals surface area contributed by atoms with Crippen LogP contribution in [0.5, 0.6) is 0 Å². The molecule has 2 aromatic heterocycles. The topological polar surface area (TPSA) is 82.8 Å². The minimum absolute atomic E-state index is 0.0679. The number of nitrogens with zero attached hydrogens (tertiary/aromatic N) is 3. The average Bonchev–Trinajstić information content (AvgIpc) is 3.33. The van der Waals surface area contributed by atoms with Crippen molar-refractivity contribution in [2.75, 3.05) is 32.7 Å². The quantitative estimate of drug-likeness (QED) is 0.703. The first kappa shape index (κ1) is 22.3. The normalized spacial score (nSPS) is 27.2. The van der Waals surface area contributed by atoms with Crippen LogP contribution >= 0.6 is 11.3 Å². The molecule has 4 unspecified atom stereocenters. The lowest BCUT2D eigenvalue weighted by atomic mass is 9.80. The van der Waals surface area contributed by atoms with Gasteiger partial charge in [-0.2, -0.15) is 0 Å². The van der Waals surface area contributed by atoms with E-state index in [2.05, 4.69) is 11.0 Å². The molecule has 1 N–H and O–H groups in total. The number of amides is 1. The molecule has 5 heterocycles. The summed E-state index contributed by atoms with van der Waals surface area (Å²) >= 11 is 1.46. The van der Waals surface area contributed by atoms with Crippen molar-refractivity contribution in [2.45, 2.75) is 38.1 Å². The summed E-state index contributed by atoms with van der Waals surface area (Å²) in [5.74, 6) is 0.476. The van der Waals surface area contributed by atoms with Crippen LogP contribution in [0.25, 0.3) is 0 Å². The number of rotatable bonds is 6. The summed E-state index contributed by atoms with van der Waals surface area (Å²) in [7, 11) is 0. The van der Waals surface area contributed by atoms with Gasteiger partial charge in [0.25, 0.3) is 11.5 Å². The van der Waals surface area contributed by atoms with Crippen LogP contribution in [-0.2, 0) is 11.3 Å². The van der Waals surface area contributed by atoms with Gasteiger partial charge >= 0.3 is 5.97 Å². The Kier molecular flexibility index (Phi) is 6.38. The highest BCUT2D eigenvalue weighted by Gasteiger charge is 2.36. The Bertz CT molecular complexity index is 1070. The molecule has 33 heavy (non-hydrogen) atoms. The fraction of sp³-hybridized carbons (Fsp3) is 0.560. The van der Waals surface area contributed by atoms with Crippen LogP contribution in [0.4, 0.5) is 0 Å². The van der Waals surface area contributed by atoms with Crippen molar-refractivity contribution in [3.63, 3.8) is 0 Å².